The average Bonchev–Trinajstić information content (AvgIpc) is 2.48. The van der Waals surface area contributed by atoms with E-state index in [4.69, 9.17) is 10.5 Å². The van der Waals surface area contributed by atoms with Gasteiger partial charge in [-0.1, -0.05) is 0 Å². The van der Waals surface area contributed by atoms with E-state index in [0.29, 0.717) is 17.3 Å². The number of aryl methyl sites for hydroxylation is 1. The number of ether oxygens (including phenoxy) is 1. The number of nitrogens with zero attached hydrogens (tertiary/aromatic N) is 3. The second kappa shape index (κ2) is 5.00. The maximum atomic E-state index is 9.31. The fourth-order valence-corrected chi connectivity index (χ4v) is 3.13. The number of nitriles is 1. The maximum Gasteiger partial charge on any atom is 0.167 e. The van der Waals surface area contributed by atoms with E-state index in [1.54, 1.807) is 0 Å². The van der Waals surface area contributed by atoms with Gasteiger partial charge >= 0.3 is 0 Å². The summed E-state index contributed by atoms with van der Waals surface area (Å²) >= 11 is 0. The predicted molar refractivity (Wildman–Crippen MR) is 74.1 cm³/mol. The number of hydrogen-bond donors (Lipinski definition) is 2. The van der Waals surface area contributed by atoms with E-state index in [1.165, 1.54) is 0 Å². The van der Waals surface area contributed by atoms with Gasteiger partial charge in [0.15, 0.2) is 5.82 Å². The highest BCUT2D eigenvalue weighted by molar-refractivity contribution is 5.57. The Labute approximate surface area is 118 Å². The van der Waals surface area contributed by atoms with Crippen LogP contribution in [-0.4, -0.2) is 35.0 Å². The van der Waals surface area contributed by atoms with Gasteiger partial charge in [-0.3, -0.25) is 0 Å². The molecule has 6 heteroatoms. The molecular formula is C14H19N5O. The van der Waals surface area contributed by atoms with Crippen LogP contribution < -0.4 is 11.1 Å². The Morgan fingerprint density at radius 2 is 2.20 bits per heavy atom. The molecular weight excluding hydrogens is 254 g/mol. The summed E-state index contributed by atoms with van der Waals surface area (Å²) in [5.41, 5.74) is 8.39. The summed E-state index contributed by atoms with van der Waals surface area (Å²) in [4.78, 5) is 0. The van der Waals surface area contributed by atoms with E-state index >= 15 is 0 Å². The quantitative estimate of drug-likeness (QED) is 0.830. The van der Waals surface area contributed by atoms with Crippen molar-refractivity contribution in [1.82, 2.24) is 10.2 Å². The highest BCUT2D eigenvalue weighted by Gasteiger charge is 2.50. The van der Waals surface area contributed by atoms with Gasteiger partial charge in [-0.15, -0.1) is 5.10 Å². The Balaban J connectivity index is 1.82. The normalized spacial score (nSPS) is 31.9. The van der Waals surface area contributed by atoms with E-state index in [9.17, 15) is 5.26 Å². The van der Waals surface area contributed by atoms with Crippen LogP contribution in [-0.2, 0) is 4.74 Å². The monoisotopic (exact) mass is 273 g/mol. The Hall–Kier alpha value is -1.71. The number of fused-ring (bicyclic) bond motifs is 1. The summed E-state index contributed by atoms with van der Waals surface area (Å²) in [6, 6.07) is 2.27. The second-order valence-corrected chi connectivity index (χ2v) is 5.63. The SMILES string of the molecule is Cc1nnc(NC2C(N)C3CCCOC32)c(C#N)c1C. The van der Waals surface area contributed by atoms with E-state index in [0.717, 1.165) is 30.7 Å². The first kappa shape index (κ1) is 13.3. The van der Waals surface area contributed by atoms with Crippen molar-refractivity contribution in [3.63, 3.8) is 0 Å². The molecule has 1 aliphatic carbocycles. The summed E-state index contributed by atoms with van der Waals surface area (Å²) in [6.45, 7) is 4.52. The molecule has 0 spiro atoms. The number of aromatic nitrogens is 2. The lowest BCUT2D eigenvalue weighted by atomic mass is 9.68. The largest absolute Gasteiger partial charge is 0.376 e. The van der Waals surface area contributed by atoms with Crippen molar-refractivity contribution in [2.24, 2.45) is 11.7 Å². The highest BCUT2D eigenvalue weighted by Crippen LogP contribution is 2.38. The number of anilines is 1. The maximum absolute atomic E-state index is 9.31. The molecule has 0 radical (unpaired) electrons. The second-order valence-electron chi connectivity index (χ2n) is 5.63. The van der Waals surface area contributed by atoms with Crippen molar-refractivity contribution in [3.05, 3.63) is 16.8 Å². The topological polar surface area (TPSA) is 96.8 Å². The number of hydrogen-bond acceptors (Lipinski definition) is 6. The van der Waals surface area contributed by atoms with Crippen molar-refractivity contribution >= 4 is 5.82 Å². The minimum absolute atomic E-state index is 0.0174. The molecule has 6 nitrogen and oxygen atoms in total. The fourth-order valence-electron chi connectivity index (χ4n) is 3.13. The number of nitrogens with one attached hydrogen (secondary N) is 1. The molecule has 2 aliphatic rings. The lowest BCUT2D eigenvalue weighted by Crippen LogP contribution is -2.69. The van der Waals surface area contributed by atoms with Gasteiger partial charge in [0, 0.05) is 18.6 Å². The van der Waals surface area contributed by atoms with Crippen LogP contribution in [0, 0.1) is 31.1 Å². The summed E-state index contributed by atoms with van der Waals surface area (Å²) in [5, 5.41) is 20.8. The third kappa shape index (κ3) is 1.94. The third-order valence-electron chi connectivity index (χ3n) is 4.55. The molecule has 1 saturated heterocycles. The van der Waals surface area contributed by atoms with E-state index in [1.807, 2.05) is 13.8 Å². The Kier molecular flexibility index (Phi) is 3.32. The molecule has 1 saturated carbocycles. The highest BCUT2D eigenvalue weighted by atomic mass is 16.5. The van der Waals surface area contributed by atoms with Crippen LogP contribution in [0.2, 0.25) is 0 Å². The van der Waals surface area contributed by atoms with Gasteiger partial charge in [0.1, 0.15) is 11.6 Å². The summed E-state index contributed by atoms with van der Waals surface area (Å²) < 4.78 is 5.79. The van der Waals surface area contributed by atoms with Crippen molar-refractivity contribution in [2.75, 3.05) is 11.9 Å². The molecule has 1 aromatic rings. The first-order valence-corrected chi connectivity index (χ1v) is 7.01. The van der Waals surface area contributed by atoms with Crippen LogP contribution >= 0.6 is 0 Å². The minimum atomic E-state index is 0.0174. The van der Waals surface area contributed by atoms with Crippen LogP contribution in [0.1, 0.15) is 29.7 Å². The van der Waals surface area contributed by atoms with Gasteiger partial charge < -0.3 is 15.8 Å². The van der Waals surface area contributed by atoms with Crippen molar-refractivity contribution in [3.8, 4) is 6.07 Å². The fraction of sp³-hybridized carbons (Fsp3) is 0.643. The number of nitrogens with two attached hydrogens (primary N) is 1. The molecule has 4 atom stereocenters. The molecule has 3 rings (SSSR count). The summed E-state index contributed by atoms with van der Waals surface area (Å²) in [6.07, 6.45) is 2.33. The predicted octanol–water partition coefficient (Wildman–Crippen LogP) is 0.882. The molecule has 1 aromatic heterocycles. The molecule has 4 unspecified atom stereocenters. The summed E-state index contributed by atoms with van der Waals surface area (Å²) in [5.74, 6) is 0.940. The van der Waals surface area contributed by atoms with Crippen molar-refractivity contribution in [2.45, 2.75) is 44.9 Å². The molecule has 0 aromatic carbocycles. The van der Waals surface area contributed by atoms with Gasteiger partial charge in [-0.2, -0.15) is 10.4 Å². The Morgan fingerprint density at radius 1 is 1.40 bits per heavy atom. The van der Waals surface area contributed by atoms with Gasteiger partial charge in [0.2, 0.25) is 0 Å². The molecule has 20 heavy (non-hydrogen) atoms. The standard InChI is InChI=1S/C14H19N5O/c1-7-8(2)18-19-14(10(7)6-15)17-12-11(16)9-4-3-5-20-13(9)12/h9,11-13H,3-5,16H2,1-2H3,(H,17,19). The molecule has 3 N–H and O–H groups in total. The summed E-state index contributed by atoms with van der Waals surface area (Å²) in [7, 11) is 0. The molecule has 0 bridgehead atoms. The molecule has 2 fully saturated rings. The van der Waals surface area contributed by atoms with Crippen LogP contribution in [0.15, 0.2) is 0 Å². The number of rotatable bonds is 2. The zero-order valence-corrected chi connectivity index (χ0v) is 11.8. The molecule has 2 heterocycles. The Morgan fingerprint density at radius 3 is 2.95 bits per heavy atom. The van der Waals surface area contributed by atoms with Crippen molar-refractivity contribution in [1.29, 1.82) is 5.26 Å². The first-order valence-electron chi connectivity index (χ1n) is 7.01. The van der Waals surface area contributed by atoms with Gasteiger partial charge in [-0.05, 0) is 32.3 Å². The zero-order chi connectivity index (χ0) is 14.3. The van der Waals surface area contributed by atoms with E-state index < -0.39 is 0 Å². The molecule has 0 amide bonds. The smallest absolute Gasteiger partial charge is 0.167 e. The molecule has 1 aliphatic heterocycles. The van der Waals surface area contributed by atoms with E-state index in [2.05, 4.69) is 21.6 Å². The van der Waals surface area contributed by atoms with Gasteiger partial charge in [0.25, 0.3) is 0 Å². The van der Waals surface area contributed by atoms with Gasteiger partial charge in [0.05, 0.1) is 17.8 Å². The van der Waals surface area contributed by atoms with Gasteiger partial charge in [-0.25, -0.2) is 0 Å². The zero-order valence-electron chi connectivity index (χ0n) is 11.8. The van der Waals surface area contributed by atoms with Crippen LogP contribution in [0.3, 0.4) is 0 Å². The Bertz CT molecular complexity index is 567. The van der Waals surface area contributed by atoms with Crippen LogP contribution in [0.4, 0.5) is 5.82 Å². The first-order chi connectivity index (χ1) is 9.63. The van der Waals surface area contributed by atoms with Crippen molar-refractivity contribution < 1.29 is 4.74 Å². The lowest BCUT2D eigenvalue weighted by molar-refractivity contribution is -0.104. The van der Waals surface area contributed by atoms with Crippen LogP contribution in [0.5, 0.6) is 0 Å². The average molecular weight is 273 g/mol. The third-order valence-corrected chi connectivity index (χ3v) is 4.55. The van der Waals surface area contributed by atoms with E-state index in [-0.39, 0.29) is 18.2 Å². The lowest BCUT2D eigenvalue weighted by Gasteiger charge is -2.52. The minimum Gasteiger partial charge on any atom is -0.376 e. The van der Waals surface area contributed by atoms with Crippen LogP contribution in [0.25, 0.3) is 0 Å². The molecule has 106 valence electrons.